The van der Waals surface area contributed by atoms with Crippen molar-refractivity contribution >= 4 is 0 Å². The van der Waals surface area contributed by atoms with E-state index < -0.39 is 0 Å². The molecule has 6 heteroatoms. The van der Waals surface area contributed by atoms with E-state index in [1.165, 1.54) is 0 Å². The van der Waals surface area contributed by atoms with E-state index in [4.69, 9.17) is 30.4 Å². The Morgan fingerprint density at radius 2 is 1.00 bits per heavy atom. The van der Waals surface area contributed by atoms with Gasteiger partial charge in [0.05, 0.1) is 12.2 Å². The van der Waals surface area contributed by atoms with Gasteiger partial charge in [0.25, 0.3) is 0 Å². The molecule has 6 nitrogen and oxygen atoms in total. The summed E-state index contributed by atoms with van der Waals surface area (Å²) in [5.41, 5.74) is 11.2. The molecule has 0 saturated carbocycles. The summed E-state index contributed by atoms with van der Waals surface area (Å²) in [5.74, 6) is 0. The summed E-state index contributed by atoms with van der Waals surface area (Å²) in [5, 5.41) is 0. The Morgan fingerprint density at radius 3 is 1.12 bits per heavy atom. The molecular formula is C10H24N2O4. The highest BCUT2D eigenvalue weighted by atomic mass is 16.6. The Labute approximate surface area is 97.2 Å². The molecule has 0 aromatic carbocycles. The fourth-order valence-electron chi connectivity index (χ4n) is 1.72. The van der Waals surface area contributed by atoms with E-state index in [-0.39, 0.29) is 24.4 Å². The summed E-state index contributed by atoms with van der Waals surface area (Å²) < 4.78 is 21.2. The third kappa shape index (κ3) is 3.97. The largest absolute Gasteiger partial charge is 0.377 e. The smallest absolute Gasteiger partial charge is 0.113 e. The van der Waals surface area contributed by atoms with Gasteiger partial charge in [-0.3, -0.25) is 0 Å². The Bertz CT molecular complexity index is 145. The van der Waals surface area contributed by atoms with Crippen molar-refractivity contribution in [2.24, 2.45) is 11.5 Å². The van der Waals surface area contributed by atoms with Crippen LogP contribution in [-0.4, -0.2) is 65.9 Å². The lowest BCUT2D eigenvalue weighted by molar-refractivity contribution is -0.144. The highest BCUT2D eigenvalue weighted by Gasteiger charge is 2.34. The van der Waals surface area contributed by atoms with Gasteiger partial charge in [-0.25, -0.2) is 0 Å². The summed E-state index contributed by atoms with van der Waals surface area (Å²) in [6.45, 7) is 0.686. The highest BCUT2D eigenvalue weighted by Crippen LogP contribution is 2.14. The molecule has 4 N–H and O–H groups in total. The summed E-state index contributed by atoms with van der Waals surface area (Å²) in [6.07, 6.45) is -1.12. The molecule has 0 aromatic heterocycles. The fraction of sp³-hybridized carbons (Fsp3) is 1.00. The van der Waals surface area contributed by atoms with Crippen molar-refractivity contribution < 1.29 is 18.9 Å². The lowest BCUT2D eigenvalue weighted by Gasteiger charge is -2.34. The van der Waals surface area contributed by atoms with E-state index in [9.17, 15) is 0 Å². The van der Waals surface area contributed by atoms with E-state index in [2.05, 4.69) is 0 Å². The van der Waals surface area contributed by atoms with E-state index in [0.717, 1.165) is 0 Å². The predicted octanol–water partition coefficient (Wildman–Crippen LogP) is -1.04. The minimum atomic E-state index is -0.312. The van der Waals surface area contributed by atoms with Gasteiger partial charge in [0.2, 0.25) is 0 Å². The second kappa shape index (κ2) is 8.86. The van der Waals surface area contributed by atoms with Gasteiger partial charge in [-0.1, -0.05) is 0 Å². The maximum Gasteiger partial charge on any atom is 0.113 e. The third-order valence-corrected chi connectivity index (χ3v) is 2.67. The van der Waals surface area contributed by atoms with Crippen molar-refractivity contribution in [2.75, 3.05) is 41.5 Å². The van der Waals surface area contributed by atoms with Gasteiger partial charge in [-0.2, -0.15) is 0 Å². The van der Waals surface area contributed by atoms with Crippen molar-refractivity contribution in [3.63, 3.8) is 0 Å². The molecule has 0 aromatic rings. The summed E-state index contributed by atoms with van der Waals surface area (Å²) >= 11 is 0. The topological polar surface area (TPSA) is 89.0 Å². The van der Waals surface area contributed by atoms with Crippen molar-refractivity contribution in [1.82, 2.24) is 0 Å². The molecule has 0 bridgehead atoms. The summed E-state index contributed by atoms with van der Waals surface area (Å²) in [7, 11) is 6.34. The molecule has 0 fully saturated rings. The van der Waals surface area contributed by atoms with Crippen molar-refractivity contribution in [2.45, 2.75) is 24.4 Å². The molecule has 0 amide bonds. The van der Waals surface area contributed by atoms with Crippen LogP contribution in [0.25, 0.3) is 0 Å². The van der Waals surface area contributed by atoms with Gasteiger partial charge in [0, 0.05) is 41.5 Å². The lowest BCUT2D eigenvalue weighted by atomic mass is 10.0. The molecule has 0 aliphatic carbocycles. The number of hydrogen-bond donors (Lipinski definition) is 2. The van der Waals surface area contributed by atoms with Crippen molar-refractivity contribution in [1.29, 1.82) is 0 Å². The molecule has 0 radical (unpaired) electrons. The zero-order valence-electron chi connectivity index (χ0n) is 10.5. The van der Waals surface area contributed by atoms with E-state index in [1.807, 2.05) is 0 Å². The average molecular weight is 236 g/mol. The number of rotatable bonds is 9. The quantitative estimate of drug-likeness (QED) is 0.532. The molecule has 0 aliphatic heterocycles. The molecule has 4 atom stereocenters. The number of nitrogens with two attached hydrogens (primary N) is 2. The predicted molar refractivity (Wildman–Crippen MR) is 61.3 cm³/mol. The Kier molecular flexibility index (Phi) is 8.73. The first-order valence-corrected chi connectivity index (χ1v) is 5.21. The standard InChI is InChI=1S/C10H24N2O4/c1-13-7(5-11)9(15-3)10(16-4)8(6-12)14-2/h7-10H,5-6,11-12H2,1-4H3/t7-,8-,9-,10-/m1/s1. The van der Waals surface area contributed by atoms with Gasteiger partial charge in [-0.15, -0.1) is 0 Å². The summed E-state index contributed by atoms with van der Waals surface area (Å²) in [6, 6.07) is 0. The monoisotopic (exact) mass is 236 g/mol. The van der Waals surface area contributed by atoms with E-state index >= 15 is 0 Å². The van der Waals surface area contributed by atoms with Crippen molar-refractivity contribution in [3.8, 4) is 0 Å². The summed E-state index contributed by atoms with van der Waals surface area (Å²) in [4.78, 5) is 0. The van der Waals surface area contributed by atoms with Crippen LogP contribution in [0.15, 0.2) is 0 Å². The molecule has 98 valence electrons. The van der Waals surface area contributed by atoms with Crippen LogP contribution < -0.4 is 11.5 Å². The lowest BCUT2D eigenvalue weighted by Crippen LogP contribution is -2.52. The Balaban J connectivity index is 4.71. The number of ether oxygens (including phenoxy) is 4. The van der Waals surface area contributed by atoms with Crippen LogP contribution in [0, 0.1) is 0 Å². The first-order chi connectivity index (χ1) is 7.69. The number of methoxy groups -OCH3 is 4. The van der Waals surface area contributed by atoms with Crippen molar-refractivity contribution in [3.05, 3.63) is 0 Å². The first kappa shape index (κ1) is 15.8. The molecular weight excluding hydrogens is 212 g/mol. The van der Waals surface area contributed by atoms with Gasteiger partial charge in [-0.05, 0) is 0 Å². The fourth-order valence-corrected chi connectivity index (χ4v) is 1.72. The van der Waals surface area contributed by atoms with Gasteiger partial charge >= 0.3 is 0 Å². The van der Waals surface area contributed by atoms with Crippen LogP contribution in [0.5, 0.6) is 0 Å². The maximum absolute atomic E-state index is 5.60. The number of hydrogen-bond acceptors (Lipinski definition) is 6. The van der Waals surface area contributed by atoms with Crippen LogP contribution >= 0.6 is 0 Å². The molecule has 0 unspecified atom stereocenters. The molecule has 0 spiro atoms. The zero-order valence-corrected chi connectivity index (χ0v) is 10.5. The average Bonchev–Trinajstić information content (AvgIpc) is 2.33. The van der Waals surface area contributed by atoms with Crippen LogP contribution in [0.2, 0.25) is 0 Å². The van der Waals surface area contributed by atoms with E-state index in [0.29, 0.717) is 13.1 Å². The normalized spacial score (nSPS) is 19.1. The highest BCUT2D eigenvalue weighted by molar-refractivity contribution is 4.86. The van der Waals surface area contributed by atoms with Gasteiger partial charge in [0.1, 0.15) is 12.2 Å². The zero-order chi connectivity index (χ0) is 12.6. The van der Waals surface area contributed by atoms with Crippen LogP contribution in [-0.2, 0) is 18.9 Å². The Hall–Kier alpha value is -0.240. The molecule has 0 aliphatic rings. The van der Waals surface area contributed by atoms with Gasteiger partial charge < -0.3 is 30.4 Å². The Morgan fingerprint density at radius 1 is 0.688 bits per heavy atom. The maximum atomic E-state index is 5.60. The second-order valence-electron chi connectivity index (χ2n) is 3.42. The molecule has 16 heavy (non-hydrogen) atoms. The minimum absolute atomic E-state index is 0.251. The molecule has 0 rings (SSSR count). The molecule has 0 heterocycles. The SMILES string of the molecule is CO[C@@H]([C@H](OC)[C@@H](CN)OC)[C@@H](CN)OC. The third-order valence-electron chi connectivity index (χ3n) is 2.67. The van der Waals surface area contributed by atoms with E-state index in [1.54, 1.807) is 28.4 Å². The second-order valence-corrected chi connectivity index (χ2v) is 3.42. The van der Waals surface area contributed by atoms with Crippen LogP contribution in [0.3, 0.4) is 0 Å². The minimum Gasteiger partial charge on any atom is -0.377 e. The van der Waals surface area contributed by atoms with Crippen LogP contribution in [0.1, 0.15) is 0 Å². The first-order valence-electron chi connectivity index (χ1n) is 5.21. The van der Waals surface area contributed by atoms with Crippen LogP contribution in [0.4, 0.5) is 0 Å². The molecule has 0 saturated heterocycles. The van der Waals surface area contributed by atoms with Gasteiger partial charge in [0.15, 0.2) is 0 Å².